The Kier molecular flexibility index (Phi) is 5.23. The first kappa shape index (κ1) is 22.5. The Bertz CT molecular complexity index is 1480. The van der Waals surface area contributed by atoms with Gasteiger partial charge < -0.3 is 10.3 Å². The van der Waals surface area contributed by atoms with E-state index in [4.69, 9.17) is 0 Å². The number of hydrogen-bond acceptors (Lipinski definition) is 3. The van der Waals surface area contributed by atoms with E-state index >= 15 is 0 Å². The lowest BCUT2D eigenvalue weighted by Crippen LogP contribution is -2.45. The van der Waals surface area contributed by atoms with E-state index in [1.165, 1.54) is 12.1 Å². The summed E-state index contributed by atoms with van der Waals surface area (Å²) in [6.45, 7) is 2.08. The minimum Gasteiger partial charge on any atom is -0.346 e. The maximum atomic E-state index is 13.3. The first-order valence-electron chi connectivity index (χ1n) is 10.7. The molecule has 0 unspecified atom stereocenters. The third-order valence-corrected chi connectivity index (χ3v) is 6.03. The van der Waals surface area contributed by atoms with E-state index in [-0.39, 0.29) is 23.8 Å². The van der Waals surface area contributed by atoms with Crippen LogP contribution in [0.4, 0.5) is 35.0 Å². The lowest BCUT2D eigenvalue weighted by molar-refractivity contribution is -0.137. The number of carbonyl (C=O) groups is 2. The number of urea groups is 1. The fourth-order valence-electron chi connectivity index (χ4n) is 4.27. The van der Waals surface area contributed by atoms with E-state index in [9.17, 15) is 22.8 Å². The number of pyridine rings is 1. The van der Waals surface area contributed by atoms with E-state index in [2.05, 4.69) is 15.3 Å². The molecule has 35 heavy (non-hydrogen) atoms. The van der Waals surface area contributed by atoms with Crippen molar-refractivity contribution in [1.29, 1.82) is 0 Å². The van der Waals surface area contributed by atoms with Gasteiger partial charge in [0.2, 0.25) is 0 Å². The summed E-state index contributed by atoms with van der Waals surface area (Å²) in [4.78, 5) is 36.7. The molecule has 4 aromatic rings. The quantitative estimate of drug-likeness (QED) is 0.394. The maximum Gasteiger partial charge on any atom is 0.416 e. The Balaban J connectivity index is 1.46. The van der Waals surface area contributed by atoms with Crippen LogP contribution in [0.3, 0.4) is 0 Å². The van der Waals surface area contributed by atoms with Gasteiger partial charge in [0.25, 0.3) is 5.91 Å². The summed E-state index contributed by atoms with van der Waals surface area (Å²) >= 11 is 0. The van der Waals surface area contributed by atoms with Crippen molar-refractivity contribution < 1.29 is 22.8 Å². The predicted molar refractivity (Wildman–Crippen MR) is 127 cm³/mol. The molecule has 1 aliphatic rings. The number of anilines is 3. The zero-order valence-corrected chi connectivity index (χ0v) is 18.8. The molecule has 3 amide bonds. The molecule has 2 N–H and O–H groups in total. The molecule has 0 atom stereocenters. The predicted octanol–water partition coefficient (Wildman–Crippen LogP) is 5.72. The van der Waals surface area contributed by atoms with Crippen LogP contribution in [0.15, 0.2) is 60.9 Å². The van der Waals surface area contributed by atoms with Crippen molar-refractivity contribution >= 4 is 40.0 Å². The van der Waals surface area contributed by atoms with Gasteiger partial charge in [-0.05, 0) is 48.9 Å². The SMILES string of the molecule is Cc1ccc(C(=O)Nc2cccc(C(F)(F)F)c2)cc1N1Cc2cnc3[nH]ccc3c2N(C)C1=O. The molecular formula is C25H20F3N5O2. The molecule has 10 heteroatoms. The Morgan fingerprint density at radius 3 is 2.71 bits per heavy atom. The lowest BCUT2D eigenvalue weighted by atomic mass is 10.0. The molecule has 0 saturated heterocycles. The van der Waals surface area contributed by atoms with E-state index in [0.29, 0.717) is 11.3 Å². The van der Waals surface area contributed by atoms with Crippen molar-refractivity contribution in [3.63, 3.8) is 0 Å². The number of benzene rings is 2. The first-order valence-corrected chi connectivity index (χ1v) is 10.7. The summed E-state index contributed by atoms with van der Waals surface area (Å²) in [6, 6.07) is 10.9. The molecule has 3 heterocycles. The summed E-state index contributed by atoms with van der Waals surface area (Å²) in [5.74, 6) is -0.584. The number of alkyl halides is 3. The maximum absolute atomic E-state index is 13.3. The Hall–Kier alpha value is -4.34. The smallest absolute Gasteiger partial charge is 0.346 e. The number of aromatic nitrogens is 2. The molecule has 178 valence electrons. The zero-order chi connectivity index (χ0) is 24.9. The van der Waals surface area contributed by atoms with Gasteiger partial charge in [0, 0.05) is 47.3 Å². The van der Waals surface area contributed by atoms with Crippen LogP contribution in [-0.4, -0.2) is 29.0 Å². The summed E-state index contributed by atoms with van der Waals surface area (Å²) in [6.07, 6.45) is -1.04. The van der Waals surface area contributed by atoms with Crippen molar-refractivity contribution in [3.05, 3.63) is 83.2 Å². The summed E-state index contributed by atoms with van der Waals surface area (Å²) in [5, 5.41) is 3.34. The summed E-state index contributed by atoms with van der Waals surface area (Å²) < 4.78 is 39.0. The number of nitrogens with zero attached hydrogens (tertiary/aromatic N) is 3. The normalized spacial score (nSPS) is 13.8. The molecule has 1 aliphatic heterocycles. The zero-order valence-electron chi connectivity index (χ0n) is 18.8. The average Bonchev–Trinajstić information content (AvgIpc) is 3.30. The van der Waals surface area contributed by atoms with E-state index in [0.717, 1.165) is 34.3 Å². The fourth-order valence-corrected chi connectivity index (χ4v) is 4.27. The molecule has 0 bridgehead atoms. The Morgan fingerprint density at radius 1 is 1.14 bits per heavy atom. The Morgan fingerprint density at radius 2 is 1.94 bits per heavy atom. The van der Waals surface area contributed by atoms with E-state index in [1.54, 1.807) is 47.4 Å². The number of carbonyl (C=O) groups excluding carboxylic acids is 2. The number of aromatic amines is 1. The molecule has 0 aliphatic carbocycles. The highest BCUT2D eigenvalue weighted by Gasteiger charge is 2.32. The van der Waals surface area contributed by atoms with Crippen LogP contribution in [0.5, 0.6) is 0 Å². The molecule has 0 spiro atoms. The largest absolute Gasteiger partial charge is 0.416 e. The molecule has 0 saturated carbocycles. The van der Waals surface area contributed by atoms with Gasteiger partial charge in [0.15, 0.2) is 0 Å². The van der Waals surface area contributed by atoms with Crippen LogP contribution in [0, 0.1) is 6.92 Å². The van der Waals surface area contributed by atoms with E-state index < -0.39 is 17.6 Å². The molecule has 2 aromatic carbocycles. The van der Waals surface area contributed by atoms with Gasteiger partial charge in [-0.1, -0.05) is 12.1 Å². The van der Waals surface area contributed by atoms with Crippen LogP contribution in [0.25, 0.3) is 11.0 Å². The topological polar surface area (TPSA) is 81.3 Å². The van der Waals surface area contributed by atoms with Gasteiger partial charge in [0.05, 0.1) is 17.8 Å². The van der Waals surface area contributed by atoms with Gasteiger partial charge in [0.1, 0.15) is 5.65 Å². The second kappa shape index (κ2) is 8.15. The van der Waals surface area contributed by atoms with Crippen LogP contribution >= 0.6 is 0 Å². The second-order valence-corrected chi connectivity index (χ2v) is 8.33. The Labute approximate surface area is 198 Å². The minimum absolute atomic E-state index is 0.0243. The number of halogens is 3. The van der Waals surface area contributed by atoms with Gasteiger partial charge in [-0.25, -0.2) is 9.78 Å². The highest BCUT2D eigenvalue weighted by Crippen LogP contribution is 2.37. The van der Waals surface area contributed by atoms with Crippen molar-refractivity contribution in [2.24, 2.45) is 0 Å². The molecule has 2 aromatic heterocycles. The summed E-state index contributed by atoms with van der Waals surface area (Å²) in [5.41, 5.74) is 2.97. The number of aryl methyl sites for hydroxylation is 1. The van der Waals surface area contributed by atoms with Crippen LogP contribution in [0.1, 0.15) is 27.0 Å². The highest BCUT2D eigenvalue weighted by molar-refractivity contribution is 6.12. The number of H-pyrrole nitrogens is 1. The average molecular weight is 479 g/mol. The van der Waals surface area contributed by atoms with Crippen molar-refractivity contribution in [2.75, 3.05) is 22.2 Å². The van der Waals surface area contributed by atoms with Crippen LogP contribution in [-0.2, 0) is 12.7 Å². The number of rotatable bonds is 3. The fraction of sp³-hybridized carbons (Fsp3) is 0.160. The molecule has 0 radical (unpaired) electrons. The van der Waals surface area contributed by atoms with Crippen molar-refractivity contribution in [2.45, 2.75) is 19.6 Å². The highest BCUT2D eigenvalue weighted by atomic mass is 19.4. The van der Waals surface area contributed by atoms with Gasteiger partial charge in [-0.3, -0.25) is 14.6 Å². The van der Waals surface area contributed by atoms with E-state index in [1.807, 2.05) is 13.0 Å². The third-order valence-electron chi connectivity index (χ3n) is 6.03. The van der Waals surface area contributed by atoms with Gasteiger partial charge in [-0.15, -0.1) is 0 Å². The van der Waals surface area contributed by atoms with Crippen LogP contribution in [0.2, 0.25) is 0 Å². The molecule has 0 fully saturated rings. The number of fused-ring (bicyclic) bond motifs is 3. The lowest BCUT2D eigenvalue weighted by Gasteiger charge is -2.36. The number of hydrogen-bond donors (Lipinski definition) is 2. The molecule has 5 rings (SSSR count). The number of nitrogens with one attached hydrogen (secondary N) is 2. The van der Waals surface area contributed by atoms with Gasteiger partial charge in [-0.2, -0.15) is 13.2 Å². The third kappa shape index (κ3) is 3.96. The van der Waals surface area contributed by atoms with Crippen molar-refractivity contribution in [1.82, 2.24) is 9.97 Å². The summed E-state index contributed by atoms with van der Waals surface area (Å²) in [7, 11) is 1.68. The standard InChI is InChI=1S/C25H20F3N5O2/c1-14-6-7-15(23(34)31-18-5-3-4-17(11-18)25(26,27)28)10-20(14)33-13-16-12-30-22-19(8-9-29-22)21(16)32(2)24(33)35/h3-12H,13H2,1-2H3,(H,29,30)(H,31,34). The monoisotopic (exact) mass is 479 g/mol. The molecular weight excluding hydrogens is 459 g/mol. The van der Waals surface area contributed by atoms with Crippen molar-refractivity contribution in [3.8, 4) is 0 Å². The number of amides is 3. The minimum atomic E-state index is -4.52. The second-order valence-electron chi connectivity index (χ2n) is 8.33. The van der Waals surface area contributed by atoms with Crippen LogP contribution < -0.4 is 15.1 Å². The van der Waals surface area contributed by atoms with Gasteiger partial charge >= 0.3 is 12.2 Å². The first-order chi connectivity index (χ1) is 16.6. The molecule has 7 nitrogen and oxygen atoms in total.